The Morgan fingerprint density at radius 1 is 1.43 bits per heavy atom. The minimum atomic E-state index is -0.195. The Hall–Kier alpha value is -1.64. The number of aromatic nitrogens is 2. The maximum Gasteiger partial charge on any atom is 0.123 e. The summed E-state index contributed by atoms with van der Waals surface area (Å²) in [5, 5.41) is 0. The highest BCUT2D eigenvalue weighted by Gasteiger charge is 1.97. The van der Waals surface area contributed by atoms with Crippen LogP contribution < -0.4 is 0 Å². The molecule has 2 rings (SSSR count). The summed E-state index contributed by atoms with van der Waals surface area (Å²) in [7, 11) is 0. The zero-order valence-electron chi connectivity index (χ0n) is 7.94. The van der Waals surface area contributed by atoms with Crippen LogP contribution in [0, 0.1) is 12.7 Å². The van der Waals surface area contributed by atoms with Gasteiger partial charge in [0.2, 0.25) is 0 Å². The van der Waals surface area contributed by atoms with Crippen LogP contribution in [-0.2, 0) is 6.54 Å². The Labute approximate surface area is 82.0 Å². The molecule has 1 aromatic heterocycles. The van der Waals surface area contributed by atoms with E-state index in [0.29, 0.717) is 6.54 Å². The molecule has 3 heteroatoms. The molecule has 0 radical (unpaired) electrons. The van der Waals surface area contributed by atoms with Gasteiger partial charge in [0.15, 0.2) is 0 Å². The first kappa shape index (κ1) is 8.94. The lowest BCUT2D eigenvalue weighted by atomic mass is 10.2. The fraction of sp³-hybridized carbons (Fsp3) is 0.182. The van der Waals surface area contributed by atoms with Crippen LogP contribution in [0.25, 0.3) is 0 Å². The molecular weight excluding hydrogens is 179 g/mol. The largest absolute Gasteiger partial charge is 0.333 e. The van der Waals surface area contributed by atoms with Crippen LogP contribution in [-0.4, -0.2) is 9.55 Å². The molecule has 0 saturated heterocycles. The fourth-order valence-electron chi connectivity index (χ4n) is 1.40. The van der Waals surface area contributed by atoms with Crippen LogP contribution in [0.3, 0.4) is 0 Å². The third-order valence-corrected chi connectivity index (χ3v) is 2.02. The van der Waals surface area contributed by atoms with Crippen molar-refractivity contribution in [1.82, 2.24) is 9.55 Å². The molecule has 1 heterocycles. The lowest BCUT2D eigenvalue weighted by Gasteiger charge is -2.01. The van der Waals surface area contributed by atoms with E-state index < -0.39 is 0 Å². The molecule has 72 valence electrons. The molecule has 0 N–H and O–H groups in total. The lowest BCUT2D eigenvalue weighted by Crippen LogP contribution is -1.96. The zero-order valence-corrected chi connectivity index (χ0v) is 7.94. The number of imidazole rings is 1. The van der Waals surface area contributed by atoms with Crippen molar-refractivity contribution in [1.29, 1.82) is 0 Å². The minimum absolute atomic E-state index is 0.195. The molecule has 0 atom stereocenters. The van der Waals surface area contributed by atoms with E-state index in [-0.39, 0.29) is 5.82 Å². The highest BCUT2D eigenvalue weighted by Crippen LogP contribution is 2.06. The number of halogens is 1. The third-order valence-electron chi connectivity index (χ3n) is 2.02. The van der Waals surface area contributed by atoms with Crippen molar-refractivity contribution in [3.8, 4) is 0 Å². The van der Waals surface area contributed by atoms with Crippen LogP contribution in [0.1, 0.15) is 11.3 Å². The number of aryl methyl sites for hydroxylation is 1. The Morgan fingerprint density at radius 2 is 2.29 bits per heavy atom. The normalized spacial score (nSPS) is 10.4. The molecule has 2 nitrogen and oxygen atoms in total. The monoisotopic (exact) mass is 190 g/mol. The first-order valence-corrected chi connectivity index (χ1v) is 4.47. The summed E-state index contributed by atoms with van der Waals surface area (Å²) < 4.78 is 14.8. The van der Waals surface area contributed by atoms with E-state index in [4.69, 9.17) is 0 Å². The number of hydrogen-bond acceptors (Lipinski definition) is 1. The van der Waals surface area contributed by atoms with Crippen molar-refractivity contribution in [3.05, 3.63) is 53.9 Å². The van der Waals surface area contributed by atoms with Crippen molar-refractivity contribution in [2.75, 3.05) is 0 Å². The number of rotatable bonds is 2. The second kappa shape index (κ2) is 3.62. The van der Waals surface area contributed by atoms with Gasteiger partial charge in [-0.3, -0.25) is 0 Å². The van der Waals surface area contributed by atoms with Crippen molar-refractivity contribution < 1.29 is 4.39 Å². The molecule has 0 bridgehead atoms. The molecule has 1 aromatic carbocycles. The molecule has 2 aromatic rings. The van der Waals surface area contributed by atoms with Crippen LogP contribution >= 0.6 is 0 Å². The second-order valence-corrected chi connectivity index (χ2v) is 3.32. The van der Waals surface area contributed by atoms with Gasteiger partial charge in [0, 0.05) is 12.7 Å². The zero-order chi connectivity index (χ0) is 9.97. The standard InChI is InChI=1S/C11H11FN2/c1-9-6-14(8-13-9)7-10-3-2-4-11(12)5-10/h2-6,8H,7H2,1H3. The molecule has 0 amide bonds. The van der Waals surface area contributed by atoms with Gasteiger partial charge >= 0.3 is 0 Å². The number of benzene rings is 1. The number of hydrogen-bond donors (Lipinski definition) is 0. The van der Waals surface area contributed by atoms with Crippen LogP contribution in [0.15, 0.2) is 36.8 Å². The van der Waals surface area contributed by atoms with E-state index in [1.165, 1.54) is 12.1 Å². The van der Waals surface area contributed by atoms with Crippen molar-refractivity contribution in [2.45, 2.75) is 13.5 Å². The topological polar surface area (TPSA) is 17.8 Å². The van der Waals surface area contributed by atoms with E-state index in [2.05, 4.69) is 4.98 Å². The van der Waals surface area contributed by atoms with Gasteiger partial charge in [-0.05, 0) is 24.6 Å². The molecule has 0 spiro atoms. The van der Waals surface area contributed by atoms with E-state index >= 15 is 0 Å². The lowest BCUT2D eigenvalue weighted by molar-refractivity contribution is 0.623. The van der Waals surface area contributed by atoms with E-state index in [1.807, 2.05) is 23.8 Å². The molecule has 14 heavy (non-hydrogen) atoms. The van der Waals surface area contributed by atoms with Crippen molar-refractivity contribution in [3.63, 3.8) is 0 Å². The Bertz CT molecular complexity index is 434. The van der Waals surface area contributed by atoms with Crippen LogP contribution in [0.4, 0.5) is 4.39 Å². The first-order valence-electron chi connectivity index (χ1n) is 4.47. The first-order chi connectivity index (χ1) is 6.74. The van der Waals surface area contributed by atoms with Gasteiger partial charge in [-0.1, -0.05) is 12.1 Å². The molecule has 0 fully saturated rings. The van der Waals surface area contributed by atoms with Gasteiger partial charge in [-0.2, -0.15) is 0 Å². The van der Waals surface area contributed by atoms with E-state index in [9.17, 15) is 4.39 Å². The molecule has 0 unspecified atom stereocenters. The molecule has 0 saturated carbocycles. The molecule has 0 aliphatic heterocycles. The van der Waals surface area contributed by atoms with Gasteiger partial charge in [-0.25, -0.2) is 9.37 Å². The fourth-order valence-corrected chi connectivity index (χ4v) is 1.40. The molecule has 0 aliphatic carbocycles. The Kier molecular flexibility index (Phi) is 2.31. The summed E-state index contributed by atoms with van der Waals surface area (Å²) in [6, 6.07) is 6.60. The average molecular weight is 190 g/mol. The smallest absolute Gasteiger partial charge is 0.123 e. The molecule has 0 aliphatic rings. The summed E-state index contributed by atoms with van der Waals surface area (Å²) >= 11 is 0. The van der Waals surface area contributed by atoms with Crippen molar-refractivity contribution in [2.24, 2.45) is 0 Å². The van der Waals surface area contributed by atoms with Crippen molar-refractivity contribution >= 4 is 0 Å². The summed E-state index contributed by atoms with van der Waals surface area (Å²) in [5.74, 6) is -0.195. The summed E-state index contributed by atoms with van der Waals surface area (Å²) in [4.78, 5) is 4.10. The van der Waals surface area contributed by atoms with Gasteiger partial charge in [0.05, 0.1) is 12.0 Å². The maximum atomic E-state index is 12.9. The predicted molar refractivity (Wildman–Crippen MR) is 52.5 cm³/mol. The second-order valence-electron chi connectivity index (χ2n) is 3.32. The SMILES string of the molecule is Cc1cn(Cc2cccc(F)c2)cn1. The van der Waals surface area contributed by atoms with Gasteiger partial charge in [0.25, 0.3) is 0 Å². The minimum Gasteiger partial charge on any atom is -0.333 e. The van der Waals surface area contributed by atoms with Gasteiger partial charge < -0.3 is 4.57 Å². The quantitative estimate of drug-likeness (QED) is 0.711. The summed E-state index contributed by atoms with van der Waals surface area (Å²) in [5.41, 5.74) is 1.92. The van der Waals surface area contributed by atoms with Gasteiger partial charge in [0.1, 0.15) is 5.82 Å². The third kappa shape index (κ3) is 1.99. The Balaban J connectivity index is 2.18. The average Bonchev–Trinajstić information content (AvgIpc) is 2.51. The van der Waals surface area contributed by atoms with Gasteiger partial charge in [-0.15, -0.1) is 0 Å². The summed E-state index contributed by atoms with van der Waals surface area (Å²) in [6.45, 7) is 2.60. The highest BCUT2D eigenvalue weighted by atomic mass is 19.1. The molecular formula is C11H11FN2. The number of nitrogens with zero attached hydrogens (tertiary/aromatic N) is 2. The predicted octanol–water partition coefficient (Wildman–Crippen LogP) is 2.38. The van der Waals surface area contributed by atoms with Crippen LogP contribution in [0.2, 0.25) is 0 Å². The van der Waals surface area contributed by atoms with E-state index in [0.717, 1.165) is 11.3 Å². The Morgan fingerprint density at radius 3 is 2.93 bits per heavy atom. The highest BCUT2D eigenvalue weighted by molar-refractivity contribution is 5.16. The summed E-state index contributed by atoms with van der Waals surface area (Å²) in [6.07, 6.45) is 3.69. The van der Waals surface area contributed by atoms with Crippen LogP contribution in [0.5, 0.6) is 0 Å². The maximum absolute atomic E-state index is 12.9. The van der Waals surface area contributed by atoms with E-state index in [1.54, 1.807) is 12.4 Å².